The number of rotatable bonds is 5. The summed E-state index contributed by atoms with van der Waals surface area (Å²) in [6.45, 7) is 1.90. The fourth-order valence-electron chi connectivity index (χ4n) is 2.97. The number of nitrogens with zero attached hydrogens (tertiary/aromatic N) is 3. The molecule has 0 saturated carbocycles. The van der Waals surface area contributed by atoms with Crippen LogP contribution in [0.4, 0.5) is 18.9 Å². The first-order valence-corrected chi connectivity index (χ1v) is 11.5. The van der Waals surface area contributed by atoms with Gasteiger partial charge in [0.25, 0.3) is 15.9 Å². The number of benzene rings is 2. The summed E-state index contributed by atoms with van der Waals surface area (Å²) in [7, 11) is -2.52. The van der Waals surface area contributed by atoms with Crippen LogP contribution in [0.25, 0.3) is 22.2 Å². The molecule has 0 fully saturated rings. The predicted octanol–water partition coefficient (Wildman–Crippen LogP) is 5.62. The Kier molecular flexibility index (Phi) is 5.55. The van der Waals surface area contributed by atoms with E-state index in [0.29, 0.717) is 5.69 Å². The van der Waals surface area contributed by atoms with Crippen molar-refractivity contribution in [3.8, 4) is 22.2 Å². The molecule has 0 saturated heterocycles. The van der Waals surface area contributed by atoms with E-state index in [9.17, 15) is 21.6 Å². The Morgan fingerprint density at radius 2 is 1.78 bits per heavy atom. The lowest BCUT2D eigenvalue weighted by Crippen LogP contribution is -2.26. The van der Waals surface area contributed by atoms with Crippen molar-refractivity contribution in [3.63, 3.8) is 0 Å². The minimum atomic E-state index is -4.52. The Morgan fingerprint density at radius 3 is 2.47 bits per heavy atom. The van der Waals surface area contributed by atoms with Crippen LogP contribution in [0.2, 0.25) is 0 Å². The smallest absolute Gasteiger partial charge is 0.333 e. The van der Waals surface area contributed by atoms with Gasteiger partial charge in [0.05, 0.1) is 11.3 Å². The number of hydrogen-bond donors (Lipinski definition) is 0. The second kappa shape index (κ2) is 8.06. The van der Waals surface area contributed by atoms with Gasteiger partial charge in [-0.1, -0.05) is 35.0 Å². The third kappa shape index (κ3) is 4.13. The molecule has 6 nitrogen and oxygen atoms in total. The van der Waals surface area contributed by atoms with Gasteiger partial charge in [-0.25, -0.2) is 8.42 Å². The molecule has 2 aromatic carbocycles. The van der Waals surface area contributed by atoms with E-state index in [1.165, 1.54) is 25.2 Å². The van der Waals surface area contributed by atoms with Gasteiger partial charge in [0.15, 0.2) is 0 Å². The van der Waals surface area contributed by atoms with Gasteiger partial charge in [0, 0.05) is 12.6 Å². The molecule has 0 spiro atoms. The zero-order valence-electron chi connectivity index (χ0n) is 16.8. The molecule has 0 atom stereocenters. The molecule has 0 unspecified atom stereocenters. The SMILES string of the molecule is Cc1ccc(N(C)S(=O)(=O)c2ccsc2-c2nc(-c3cccc(C(F)(F)F)c3)no2)cc1. The van der Waals surface area contributed by atoms with Gasteiger partial charge >= 0.3 is 6.18 Å². The predicted molar refractivity (Wildman–Crippen MR) is 115 cm³/mol. The molecule has 4 aromatic rings. The first-order valence-electron chi connectivity index (χ1n) is 9.22. The summed E-state index contributed by atoms with van der Waals surface area (Å²) < 4.78 is 71.8. The Morgan fingerprint density at radius 1 is 1.06 bits per heavy atom. The Hall–Kier alpha value is -3.18. The second-order valence-corrected chi connectivity index (χ2v) is 9.78. The third-order valence-electron chi connectivity index (χ3n) is 4.73. The summed E-state index contributed by atoms with van der Waals surface area (Å²) in [6.07, 6.45) is -4.52. The van der Waals surface area contributed by atoms with Crippen molar-refractivity contribution >= 4 is 27.0 Å². The number of sulfonamides is 1. The quantitative estimate of drug-likeness (QED) is 0.372. The van der Waals surface area contributed by atoms with Crippen LogP contribution >= 0.6 is 11.3 Å². The van der Waals surface area contributed by atoms with Crippen LogP contribution < -0.4 is 4.31 Å². The number of halogens is 3. The van der Waals surface area contributed by atoms with Crippen LogP contribution in [0.5, 0.6) is 0 Å². The van der Waals surface area contributed by atoms with E-state index in [-0.39, 0.29) is 27.1 Å². The van der Waals surface area contributed by atoms with E-state index in [2.05, 4.69) is 10.1 Å². The van der Waals surface area contributed by atoms with E-state index in [4.69, 9.17) is 4.52 Å². The molecule has 0 N–H and O–H groups in total. The minimum Gasteiger partial charge on any atom is -0.333 e. The van der Waals surface area contributed by atoms with Crippen molar-refractivity contribution in [1.82, 2.24) is 10.1 Å². The molecule has 0 aliphatic heterocycles. The highest BCUT2D eigenvalue weighted by atomic mass is 32.2. The van der Waals surface area contributed by atoms with Crippen molar-refractivity contribution in [2.24, 2.45) is 0 Å². The third-order valence-corrected chi connectivity index (χ3v) is 7.59. The number of alkyl halides is 3. The van der Waals surface area contributed by atoms with Crippen LogP contribution in [0.1, 0.15) is 11.1 Å². The molecule has 2 aromatic heterocycles. The summed E-state index contributed by atoms with van der Waals surface area (Å²) in [4.78, 5) is 4.31. The Bertz CT molecular complexity index is 1360. The first-order chi connectivity index (χ1) is 15.1. The van der Waals surface area contributed by atoms with Crippen molar-refractivity contribution in [1.29, 1.82) is 0 Å². The average Bonchev–Trinajstić information content (AvgIpc) is 3.43. The summed E-state index contributed by atoms with van der Waals surface area (Å²) in [5.41, 5.74) is 0.722. The van der Waals surface area contributed by atoms with Gasteiger partial charge in [-0.05, 0) is 42.6 Å². The van der Waals surface area contributed by atoms with E-state index in [1.807, 2.05) is 6.92 Å². The fourth-order valence-corrected chi connectivity index (χ4v) is 5.48. The van der Waals surface area contributed by atoms with E-state index in [1.54, 1.807) is 29.6 Å². The minimum absolute atomic E-state index is 0.0372. The van der Waals surface area contributed by atoms with E-state index >= 15 is 0 Å². The normalized spacial score (nSPS) is 12.2. The molecule has 2 heterocycles. The van der Waals surface area contributed by atoms with Gasteiger partial charge in [-0.15, -0.1) is 11.3 Å². The van der Waals surface area contributed by atoms with Gasteiger partial charge < -0.3 is 4.52 Å². The molecule has 0 aliphatic carbocycles. The Labute approximate surface area is 186 Å². The maximum Gasteiger partial charge on any atom is 0.416 e. The maximum atomic E-state index is 13.2. The van der Waals surface area contributed by atoms with Gasteiger partial charge in [-0.2, -0.15) is 18.2 Å². The zero-order valence-corrected chi connectivity index (χ0v) is 18.4. The molecule has 11 heteroatoms. The second-order valence-electron chi connectivity index (χ2n) is 6.92. The van der Waals surface area contributed by atoms with E-state index < -0.39 is 21.8 Å². The fraction of sp³-hybridized carbons (Fsp3) is 0.143. The van der Waals surface area contributed by atoms with Crippen molar-refractivity contribution in [2.45, 2.75) is 18.0 Å². The van der Waals surface area contributed by atoms with Crippen molar-refractivity contribution < 1.29 is 26.1 Å². The monoisotopic (exact) mass is 479 g/mol. The zero-order chi connectivity index (χ0) is 23.1. The number of anilines is 1. The highest BCUT2D eigenvalue weighted by Gasteiger charge is 2.31. The molecule has 32 heavy (non-hydrogen) atoms. The standard InChI is InChI=1S/C21H16F3N3O3S2/c1-13-6-8-16(9-7-13)27(2)32(28,29)17-10-11-31-18(17)20-25-19(26-30-20)14-4-3-5-15(12-14)21(22,23)24/h3-12H,1-2H3. The molecule has 4 rings (SSSR count). The van der Waals surface area contributed by atoms with Crippen LogP contribution in [0.3, 0.4) is 0 Å². The lowest BCUT2D eigenvalue weighted by Gasteiger charge is -2.19. The molecule has 166 valence electrons. The lowest BCUT2D eigenvalue weighted by molar-refractivity contribution is -0.137. The van der Waals surface area contributed by atoms with Crippen LogP contribution in [0, 0.1) is 6.92 Å². The molecule has 0 bridgehead atoms. The van der Waals surface area contributed by atoms with Crippen LogP contribution in [-0.4, -0.2) is 25.6 Å². The van der Waals surface area contributed by atoms with E-state index in [0.717, 1.165) is 33.3 Å². The molecule has 0 radical (unpaired) electrons. The summed E-state index contributed by atoms with van der Waals surface area (Å²) in [5.74, 6) is -0.168. The lowest BCUT2D eigenvalue weighted by atomic mass is 10.1. The van der Waals surface area contributed by atoms with Gasteiger partial charge in [0.1, 0.15) is 9.77 Å². The maximum absolute atomic E-state index is 13.2. The van der Waals surface area contributed by atoms with Crippen molar-refractivity contribution in [3.05, 3.63) is 71.1 Å². The topological polar surface area (TPSA) is 76.3 Å². The van der Waals surface area contributed by atoms with Crippen LogP contribution in [-0.2, 0) is 16.2 Å². The summed E-state index contributed by atoms with van der Waals surface area (Å²) >= 11 is 1.08. The Balaban J connectivity index is 1.69. The van der Waals surface area contributed by atoms with Gasteiger partial charge in [-0.3, -0.25) is 4.31 Å². The van der Waals surface area contributed by atoms with Crippen molar-refractivity contribution in [2.75, 3.05) is 11.4 Å². The summed E-state index contributed by atoms with van der Waals surface area (Å²) in [5, 5.41) is 5.32. The van der Waals surface area contributed by atoms with Gasteiger partial charge in [0.2, 0.25) is 5.82 Å². The molecular weight excluding hydrogens is 463 g/mol. The summed E-state index contributed by atoms with van der Waals surface area (Å²) in [6, 6.07) is 12.9. The number of hydrogen-bond acceptors (Lipinski definition) is 6. The molecule has 0 aliphatic rings. The number of thiophene rings is 1. The largest absolute Gasteiger partial charge is 0.416 e. The molecular formula is C21H16F3N3O3S2. The number of aryl methyl sites for hydroxylation is 1. The first kappa shape index (κ1) is 22.0. The number of aromatic nitrogens is 2. The highest BCUT2D eigenvalue weighted by molar-refractivity contribution is 7.93. The highest BCUT2D eigenvalue weighted by Crippen LogP contribution is 2.36. The van der Waals surface area contributed by atoms with Crippen LogP contribution in [0.15, 0.2) is 69.4 Å². The molecule has 0 amide bonds. The average molecular weight is 480 g/mol.